The Morgan fingerprint density at radius 2 is 2.20 bits per heavy atom. The molecule has 1 N–H and O–H groups in total. The fourth-order valence-corrected chi connectivity index (χ4v) is 2.32. The second kappa shape index (κ2) is 8.62. The zero-order valence-corrected chi connectivity index (χ0v) is 14.3. The van der Waals surface area contributed by atoms with Crippen LogP contribution in [-0.2, 0) is 9.53 Å². The molecule has 0 saturated carbocycles. The first kappa shape index (κ1) is 17.4. The molecule has 0 fully saturated rings. The van der Waals surface area contributed by atoms with Crippen LogP contribution >= 0.6 is 27.5 Å². The topological polar surface area (TPSA) is 41.6 Å². The number of hydrogen-bond acceptors (Lipinski definition) is 4. The quantitative estimate of drug-likeness (QED) is 0.756. The Hall–Kier alpha value is -0.620. The molecule has 0 radical (unpaired) electrons. The molecule has 1 rings (SSSR count). The molecule has 6 heteroatoms. The van der Waals surface area contributed by atoms with E-state index >= 15 is 0 Å². The summed E-state index contributed by atoms with van der Waals surface area (Å²) in [5.74, 6) is -0.314. The molecule has 0 aliphatic carbocycles. The smallest absolute Gasteiger partial charge is 0.327 e. The van der Waals surface area contributed by atoms with Crippen LogP contribution in [0.3, 0.4) is 0 Å². The molecule has 4 nitrogen and oxygen atoms in total. The van der Waals surface area contributed by atoms with Crippen LogP contribution in [0.1, 0.15) is 18.5 Å². The Bertz CT molecular complexity index is 455. The number of halogens is 2. The molecule has 0 heterocycles. The van der Waals surface area contributed by atoms with Gasteiger partial charge in [-0.1, -0.05) is 27.5 Å². The molecule has 1 unspecified atom stereocenters. The highest BCUT2D eigenvalue weighted by molar-refractivity contribution is 9.10. The number of likely N-dealkylation sites (N-methyl/N-ethyl adjacent to an activating group) is 1. The maximum Gasteiger partial charge on any atom is 0.327 e. The normalized spacial score (nSPS) is 12.5. The highest BCUT2D eigenvalue weighted by Gasteiger charge is 2.23. The third-order valence-electron chi connectivity index (χ3n) is 2.70. The summed E-state index contributed by atoms with van der Waals surface area (Å²) in [5.41, 5.74) is 0.721. The van der Waals surface area contributed by atoms with Gasteiger partial charge in [0.05, 0.1) is 6.61 Å². The van der Waals surface area contributed by atoms with Gasteiger partial charge in [0.2, 0.25) is 0 Å². The predicted molar refractivity (Wildman–Crippen MR) is 85.1 cm³/mol. The Morgan fingerprint density at radius 3 is 2.80 bits per heavy atom. The lowest BCUT2D eigenvalue weighted by Gasteiger charge is -2.20. The summed E-state index contributed by atoms with van der Waals surface area (Å²) < 4.78 is 6.00. The molecule has 0 spiro atoms. The average molecular weight is 364 g/mol. The van der Waals surface area contributed by atoms with Crippen LogP contribution in [0.25, 0.3) is 0 Å². The number of carbonyl (C=O) groups excluding carboxylic acids is 1. The molecule has 0 saturated heterocycles. The monoisotopic (exact) mass is 362 g/mol. The summed E-state index contributed by atoms with van der Waals surface area (Å²) in [5, 5.41) is 3.74. The van der Waals surface area contributed by atoms with E-state index in [1.807, 2.05) is 31.1 Å². The number of ether oxygens (including phenoxy) is 1. The molecule has 1 aromatic rings. The van der Waals surface area contributed by atoms with Crippen molar-refractivity contribution in [3.63, 3.8) is 0 Å². The lowest BCUT2D eigenvalue weighted by atomic mass is 10.1. The van der Waals surface area contributed by atoms with Gasteiger partial charge in [0.25, 0.3) is 0 Å². The Kier molecular flexibility index (Phi) is 7.51. The largest absolute Gasteiger partial charge is 0.465 e. The molecule has 112 valence electrons. The number of benzene rings is 1. The van der Waals surface area contributed by atoms with Crippen LogP contribution in [-0.4, -0.2) is 44.7 Å². The van der Waals surface area contributed by atoms with E-state index in [9.17, 15) is 4.79 Å². The molecule has 0 aliphatic rings. The van der Waals surface area contributed by atoms with Gasteiger partial charge in [-0.15, -0.1) is 0 Å². The molecule has 1 aromatic carbocycles. The first-order chi connectivity index (χ1) is 9.45. The number of nitrogens with zero attached hydrogens (tertiary/aromatic N) is 1. The number of carbonyl (C=O) groups is 1. The maximum atomic E-state index is 12.1. The van der Waals surface area contributed by atoms with Crippen molar-refractivity contribution < 1.29 is 9.53 Å². The van der Waals surface area contributed by atoms with Crippen LogP contribution in [0.5, 0.6) is 0 Å². The molecule has 20 heavy (non-hydrogen) atoms. The van der Waals surface area contributed by atoms with Crippen molar-refractivity contribution in [2.45, 2.75) is 13.0 Å². The number of rotatable bonds is 7. The van der Waals surface area contributed by atoms with Crippen LogP contribution in [0.2, 0.25) is 5.02 Å². The minimum atomic E-state index is -0.556. The van der Waals surface area contributed by atoms with Crippen molar-refractivity contribution in [3.8, 4) is 0 Å². The molecular formula is C14H20BrClN2O2. The summed E-state index contributed by atoms with van der Waals surface area (Å²) in [6.07, 6.45) is 0. The summed E-state index contributed by atoms with van der Waals surface area (Å²) in [4.78, 5) is 14.2. The van der Waals surface area contributed by atoms with E-state index < -0.39 is 6.04 Å². The second-order valence-electron chi connectivity index (χ2n) is 4.61. The van der Waals surface area contributed by atoms with Crippen molar-refractivity contribution >= 4 is 33.5 Å². The second-order valence-corrected chi connectivity index (χ2v) is 5.93. The molecule has 0 aliphatic heterocycles. The summed E-state index contributed by atoms with van der Waals surface area (Å²) >= 11 is 9.59. The Balaban J connectivity index is 2.91. The number of esters is 1. The summed E-state index contributed by atoms with van der Waals surface area (Å²) in [7, 11) is 3.96. The van der Waals surface area contributed by atoms with Gasteiger partial charge in [0, 0.05) is 22.6 Å². The minimum absolute atomic E-state index is 0.314. The first-order valence-corrected chi connectivity index (χ1v) is 7.62. The lowest BCUT2D eigenvalue weighted by Crippen LogP contribution is -2.35. The third-order valence-corrected chi connectivity index (χ3v) is 3.54. The molecule has 0 amide bonds. The van der Waals surface area contributed by atoms with Gasteiger partial charge >= 0.3 is 5.97 Å². The van der Waals surface area contributed by atoms with E-state index in [0.717, 1.165) is 16.6 Å². The maximum absolute atomic E-state index is 12.1. The highest BCUT2D eigenvalue weighted by Crippen LogP contribution is 2.27. The molecule has 0 aromatic heterocycles. The van der Waals surface area contributed by atoms with Crippen LogP contribution in [0, 0.1) is 0 Å². The van der Waals surface area contributed by atoms with Gasteiger partial charge in [-0.05, 0) is 44.8 Å². The Labute approximate surface area is 133 Å². The third kappa shape index (κ3) is 5.40. The molecular weight excluding hydrogens is 344 g/mol. The van der Waals surface area contributed by atoms with Crippen molar-refractivity contribution in [1.29, 1.82) is 0 Å². The van der Waals surface area contributed by atoms with Crippen molar-refractivity contribution in [2.75, 3.05) is 33.8 Å². The van der Waals surface area contributed by atoms with E-state index in [1.165, 1.54) is 0 Å². The van der Waals surface area contributed by atoms with Crippen LogP contribution in [0.4, 0.5) is 0 Å². The Morgan fingerprint density at radius 1 is 1.50 bits per heavy atom. The predicted octanol–water partition coefficient (Wildman–Crippen LogP) is 2.86. The zero-order valence-electron chi connectivity index (χ0n) is 12.0. The van der Waals surface area contributed by atoms with E-state index in [2.05, 4.69) is 21.2 Å². The summed E-state index contributed by atoms with van der Waals surface area (Å²) in [6.45, 7) is 3.62. The van der Waals surface area contributed by atoms with E-state index in [-0.39, 0.29) is 5.97 Å². The lowest BCUT2D eigenvalue weighted by molar-refractivity contribution is -0.145. The summed E-state index contributed by atoms with van der Waals surface area (Å²) in [6, 6.07) is 4.89. The average Bonchev–Trinajstić information content (AvgIpc) is 2.38. The number of hydrogen-bond donors (Lipinski definition) is 1. The zero-order chi connectivity index (χ0) is 15.1. The first-order valence-electron chi connectivity index (χ1n) is 6.45. The van der Waals surface area contributed by atoms with E-state index in [1.54, 1.807) is 13.0 Å². The van der Waals surface area contributed by atoms with Gasteiger partial charge in [-0.25, -0.2) is 4.79 Å². The SMILES string of the molecule is CCOC(=O)C(NCCN(C)C)c1cc(Br)ccc1Cl. The van der Waals surface area contributed by atoms with Gasteiger partial charge in [-0.3, -0.25) is 5.32 Å². The van der Waals surface area contributed by atoms with Gasteiger partial charge < -0.3 is 9.64 Å². The van der Waals surface area contributed by atoms with Gasteiger partial charge in [-0.2, -0.15) is 0 Å². The van der Waals surface area contributed by atoms with Crippen molar-refractivity contribution in [2.24, 2.45) is 0 Å². The van der Waals surface area contributed by atoms with E-state index in [0.29, 0.717) is 18.2 Å². The molecule has 1 atom stereocenters. The van der Waals surface area contributed by atoms with Crippen LogP contribution in [0.15, 0.2) is 22.7 Å². The standard InChI is InChI=1S/C14H20BrClN2O2/c1-4-20-14(19)13(17-7-8-18(2)3)11-9-10(15)5-6-12(11)16/h5-6,9,13,17H,4,7-8H2,1-3H3. The van der Waals surface area contributed by atoms with Crippen LogP contribution < -0.4 is 5.32 Å². The van der Waals surface area contributed by atoms with Crippen molar-refractivity contribution in [1.82, 2.24) is 10.2 Å². The highest BCUT2D eigenvalue weighted by atomic mass is 79.9. The van der Waals surface area contributed by atoms with Gasteiger partial charge in [0.1, 0.15) is 6.04 Å². The fourth-order valence-electron chi connectivity index (χ4n) is 1.71. The van der Waals surface area contributed by atoms with Gasteiger partial charge in [0.15, 0.2) is 0 Å². The fraction of sp³-hybridized carbons (Fsp3) is 0.500. The molecule has 0 bridgehead atoms. The van der Waals surface area contributed by atoms with E-state index in [4.69, 9.17) is 16.3 Å². The minimum Gasteiger partial charge on any atom is -0.465 e. The number of nitrogens with one attached hydrogen (secondary N) is 1. The van der Waals surface area contributed by atoms with Crippen molar-refractivity contribution in [3.05, 3.63) is 33.3 Å².